The molecule has 0 N–H and O–H groups in total. The van der Waals surface area contributed by atoms with Gasteiger partial charge in [0.15, 0.2) is 17.3 Å². The molecule has 5 rings (SSSR count). The van der Waals surface area contributed by atoms with Gasteiger partial charge in [-0.25, -0.2) is 0 Å². The summed E-state index contributed by atoms with van der Waals surface area (Å²) in [6.07, 6.45) is 2.04. The van der Waals surface area contributed by atoms with Gasteiger partial charge in [0.05, 0.1) is 38.6 Å². The Hall–Kier alpha value is -3.26. The maximum absolute atomic E-state index is 14.0. The molecule has 0 saturated heterocycles. The Balaban J connectivity index is 1.45. The van der Waals surface area contributed by atoms with Gasteiger partial charge in [0, 0.05) is 23.2 Å². The normalized spacial score (nSPS) is 17.2. The van der Waals surface area contributed by atoms with Gasteiger partial charge in [-0.1, -0.05) is 20.8 Å². The number of hydrogen-bond donors (Lipinski definition) is 0. The van der Waals surface area contributed by atoms with E-state index < -0.39 is 0 Å². The van der Waals surface area contributed by atoms with Crippen molar-refractivity contribution in [2.75, 3.05) is 51.0 Å². The molecule has 8 nitrogen and oxygen atoms in total. The fourth-order valence-corrected chi connectivity index (χ4v) is 6.03. The lowest BCUT2D eigenvalue weighted by atomic mass is 9.84. The maximum atomic E-state index is 14.0. The minimum atomic E-state index is -0.285. The second-order valence-corrected chi connectivity index (χ2v) is 11.8. The van der Waals surface area contributed by atoms with Gasteiger partial charge in [0.2, 0.25) is 0 Å². The lowest BCUT2D eigenvalue weighted by Crippen LogP contribution is -2.39. The highest BCUT2D eigenvalue weighted by molar-refractivity contribution is 6.00. The summed E-state index contributed by atoms with van der Waals surface area (Å²) in [6, 6.07) is 8.10. The first-order valence-corrected chi connectivity index (χ1v) is 14.5. The van der Waals surface area contributed by atoms with Gasteiger partial charge in [-0.05, 0) is 74.4 Å². The van der Waals surface area contributed by atoms with Gasteiger partial charge in [-0.3, -0.25) is 14.5 Å². The molecule has 0 unspecified atom stereocenters. The SMILES string of the molecule is CCOC(=O)CN1CCOc2c1cc(C(=O)CN1Cc3cc(OCC)c(OCC)cc3C13CC3)cc2C(C)(C)C. The second-order valence-electron chi connectivity index (χ2n) is 11.8. The van der Waals surface area contributed by atoms with Crippen LogP contribution in [0.25, 0.3) is 0 Å². The van der Waals surface area contributed by atoms with Crippen LogP contribution in [0.1, 0.15) is 81.4 Å². The molecule has 216 valence electrons. The highest BCUT2D eigenvalue weighted by Crippen LogP contribution is 2.58. The largest absolute Gasteiger partial charge is 0.490 e. The first kappa shape index (κ1) is 28.3. The number of anilines is 1. The quantitative estimate of drug-likeness (QED) is 0.294. The van der Waals surface area contributed by atoms with Crippen molar-refractivity contribution in [2.24, 2.45) is 0 Å². The molecule has 0 amide bonds. The van der Waals surface area contributed by atoms with Crippen LogP contribution in [-0.2, 0) is 27.0 Å². The molecular formula is C32H42N2O6. The van der Waals surface area contributed by atoms with Crippen LogP contribution < -0.4 is 19.1 Å². The number of hydrogen-bond acceptors (Lipinski definition) is 8. The molecule has 1 spiro atoms. The van der Waals surface area contributed by atoms with Crippen molar-refractivity contribution in [3.63, 3.8) is 0 Å². The van der Waals surface area contributed by atoms with Gasteiger partial charge < -0.3 is 23.8 Å². The van der Waals surface area contributed by atoms with Crippen LogP contribution >= 0.6 is 0 Å². The topological polar surface area (TPSA) is 77.5 Å². The van der Waals surface area contributed by atoms with Crippen molar-refractivity contribution in [3.05, 3.63) is 46.5 Å². The van der Waals surface area contributed by atoms with E-state index in [1.54, 1.807) is 6.92 Å². The summed E-state index contributed by atoms with van der Waals surface area (Å²) in [5.74, 6) is 2.06. The van der Waals surface area contributed by atoms with Crippen LogP contribution in [0.2, 0.25) is 0 Å². The van der Waals surface area contributed by atoms with E-state index in [1.807, 2.05) is 30.9 Å². The Bertz CT molecular complexity index is 1290. The van der Waals surface area contributed by atoms with Gasteiger partial charge in [0.25, 0.3) is 0 Å². The number of ketones is 1. The van der Waals surface area contributed by atoms with Crippen LogP contribution in [0, 0.1) is 0 Å². The maximum Gasteiger partial charge on any atom is 0.325 e. The average Bonchev–Trinajstić information content (AvgIpc) is 3.65. The van der Waals surface area contributed by atoms with Gasteiger partial charge >= 0.3 is 5.97 Å². The molecule has 0 aromatic heterocycles. The van der Waals surface area contributed by atoms with Crippen molar-refractivity contribution >= 4 is 17.4 Å². The van der Waals surface area contributed by atoms with E-state index in [0.29, 0.717) is 51.6 Å². The fraction of sp³-hybridized carbons (Fsp3) is 0.562. The van der Waals surface area contributed by atoms with Crippen LogP contribution in [-0.4, -0.2) is 62.7 Å². The van der Waals surface area contributed by atoms with Gasteiger partial charge in [0.1, 0.15) is 18.9 Å². The highest BCUT2D eigenvalue weighted by atomic mass is 16.5. The summed E-state index contributed by atoms with van der Waals surface area (Å²) in [7, 11) is 0. The Morgan fingerprint density at radius 2 is 1.65 bits per heavy atom. The molecule has 2 aliphatic heterocycles. The van der Waals surface area contributed by atoms with Crippen LogP contribution in [0.4, 0.5) is 5.69 Å². The zero-order chi connectivity index (χ0) is 28.7. The minimum Gasteiger partial charge on any atom is -0.490 e. The highest BCUT2D eigenvalue weighted by Gasteiger charge is 2.55. The summed E-state index contributed by atoms with van der Waals surface area (Å²) in [5.41, 5.74) is 4.47. The first-order valence-electron chi connectivity index (χ1n) is 14.5. The Labute approximate surface area is 237 Å². The second kappa shape index (κ2) is 11.0. The fourth-order valence-electron chi connectivity index (χ4n) is 6.03. The van der Waals surface area contributed by atoms with E-state index in [1.165, 1.54) is 11.1 Å². The molecule has 3 aliphatic rings. The third kappa shape index (κ3) is 5.26. The number of fused-ring (bicyclic) bond motifs is 3. The number of nitrogens with zero attached hydrogens (tertiary/aromatic N) is 2. The number of ether oxygens (including phenoxy) is 4. The van der Waals surface area contributed by atoms with Gasteiger partial charge in [-0.2, -0.15) is 0 Å². The summed E-state index contributed by atoms with van der Waals surface area (Å²) < 4.78 is 23.1. The van der Waals surface area contributed by atoms with Crippen molar-refractivity contribution in [2.45, 2.75) is 71.9 Å². The van der Waals surface area contributed by atoms with Crippen LogP contribution in [0.3, 0.4) is 0 Å². The number of benzene rings is 2. The molecular weight excluding hydrogens is 508 g/mol. The minimum absolute atomic E-state index is 0.0594. The van der Waals surface area contributed by atoms with Crippen LogP contribution in [0.5, 0.6) is 17.2 Å². The van der Waals surface area contributed by atoms with E-state index in [4.69, 9.17) is 18.9 Å². The summed E-state index contributed by atoms with van der Waals surface area (Å²) in [6.45, 7) is 15.7. The molecule has 0 bridgehead atoms. The van der Waals surface area contributed by atoms with E-state index in [2.05, 4.69) is 37.8 Å². The van der Waals surface area contributed by atoms with Gasteiger partial charge in [-0.15, -0.1) is 0 Å². The van der Waals surface area contributed by atoms with E-state index in [-0.39, 0.29) is 29.3 Å². The van der Waals surface area contributed by atoms with Crippen molar-refractivity contribution in [1.29, 1.82) is 0 Å². The molecule has 2 heterocycles. The number of carbonyl (C=O) groups excluding carboxylic acids is 2. The monoisotopic (exact) mass is 550 g/mol. The summed E-state index contributed by atoms with van der Waals surface area (Å²) in [4.78, 5) is 30.6. The Kier molecular flexibility index (Phi) is 7.75. The zero-order valence-corrected chi connectivity index (χ0v) is 24.7. The third-order valence-corrected chi connectivity index (χ3v) is 8.07. The number of rotatable bonds is 10. The molecule has 2 aromatic carbocycles. The Morgan fingerprint density at radius 3 is 2.27 bits per heavy atom. The van der Waals surface area contributed by atoms with E-state index >= 15 is 0 Å². The van der Waals surface area contributed by atoms with E-state index in [9.17, 15) is 9.59 Å². The standard InChI is InChI=1S/C32H42N2O6/c1-7-37-27-16-22-18-34(32(10-11-32)23(22)17-28(27)38-8-2)19-26(35)21-14-24(31(4,5)6)30-25(15-21)33(12-13-40-30)20-29(36)39-9-3/h14-17H,7-13,18-20H2,1-6H3. The molecule has 1 aliphatic carbocycles. The van der Waals surface area contributed by atoms with Crippen molar-refractivity contribution in [1.82, 2.24) is 4.90 Å². The molecule has 8 heteroatoms. The molecule has 1 fully saturated rings. The van der Waals surface area contributed by atoms with E-state index in [0.717, 1.165) is 41.3 Å². The lowest BCUT2D eigenvalue weighted by Gasteiger charge is -2.35. The third-order valence-electron chi connectivity index (χ3n) is 8.07. The number of Topliss-reactive ketones (excluding diaryl/α,β-unsaturated/α-hetero) is 1. The predicted molar refractivity (Wildman–Crippen MR) is 154 cm³/mol. The molecule has 40 heavy (non-hydrogen) atoms. The average molecular weight is 551 g/mol. The molecule has 0 radical (unpaired) electrons. The number of carbonyl (C=O) groups is 2. The van der Waals surface area contributed by atoms with Crippen molar-refractivity contribution in [3.8, 4) is 17.2 Å². The molecule has 2 aromatic rings. The van der Waals surface area contributed by atoms with Crippen molar-refractivity contribution < 1.29 is 28.5 Å². The van der Waals surface area contributed by atoms with Crippen LogP contribution in [0.15, 0.2) is 24.3 Å². The smallest absolute Gasteiger partial charge is 0.325 e. The number of esters is 1. The summed E-state index contributed by atoms with van der Waals surface area (Å²) in [5, 5.41) is 0. The Morgan fingerprint density at radius 1 is 0.950 bits per heavy atom. The molecule has 0 atom stereocenters. The predicted octanol–water partition coefficient (Wildman–Crippen LogP) is 5.23. The first-order chi connectivity index (χ1) is 19.1. The lowest BCUT2D eigenvalue weighted by molar-refractivity contribution is -0.141. The summed E-state index contributed by atoms with van der Waals surface area (Å²) >= 11 is 0. The molecule has 1 saturated carbocycles. The zero-order valence-electron chi connectivity index (χ0n) is 24.7.